The number of carbonyl (C=O) groups is 1. The number of amides is 1. The van der Waals surface area contributed by atoms with E-state index < -0.39 is 0 Å². The summed E-state index contributed by atoms with van der Waals surface area (Å²) in [7, 11) is 0. The average Bonchev–Trinajstić information content (AvgIpc) is 3.28. The highest BCUT2D eigenvalue weighted by atomic mass is 16.3. The second-order valence-electron chi connectivity index (χ2n) is 7.29. The van der Waals surface area contributed by atoms with Crippen molar-refractivity contribution in [3.8, 4) is 11.4 Å². The Labute approximate surface area is 168 Å². The van der Waals surface area contributed by atoms with Crippen LogP contribution in [-0.2, 0) is 13.0 Å². The number of aromatic nitrogens is 3. The minimum Gasteiger partial charge on any atom is -0.468 e. The third kappa shape index (κ3) is 3.58. The molecule has 8 nitrogen and oxygen atoms in total. The Hall–Kier alpha value is -3.26. The Morgan fingerprint density at radius 3 is 2.76 bits per heavy atom. The van der Waals surface area contributed by atoms with Crippen LogP contribution >= 0.6 is 0 Å². The number of rotatable bonds is 4. The fourth-order valence-corrected chi connectivity index (χ4v) is 3.90. The van der Waals surface area contributed by atoms with Crippen molar-refractivity contribution in [1.82, 2.24) is 25.2 Å². The second kappa shape index (κ2) is 7.63. The smallest absolute Gasteiger partial charge is 0.270 e. The number of hydrogen-bond acceptors (Lipinski definition) is 7. The summed E-state index contributed by atoms with van der Waals surface area (Å²) in [5, 5.41) is 2.90. The maximum absolute atomic E-state index is 12.5. The molecule has 1 amide bonds. The highest BCUT2D eigenvalue weighted by molar-refractivity contribution is 5.96. The molecular formula is C21H22N6O2. The summed E-state index contributed by atoms with van der Waals surface area (Å²) in [6, 6.07) is 7.70. The average molecular weight is 390 g/mol. The Morgan fingerprint density at radius 2 is 2.00 bits per heavy atom. The van der Waals surface area contributed by atoms with E-state index >= 15 is 0 Å². The largest absolute Gasteiger partial charge is 0.468 e. The Morgan fingerprint density at radius 1 is 1.10 bits per heavy atom. The number of hydrogen-bond donors (Lipinski definition) is 1. The van der Waals surface area contributed by atoms with Crippen molar-refractivity contribution in [3.05, 3.63) is 59.9 Å². The summed E-state index contributed by atoms with van der Waals surface area (Å²) in [5.41, 5.74) is 2.24. The van der Waals surface area contributed by atoms with Crippen LogP contribution < -0.4 is 10.2 Å². The highest BCUT2D eigenvalue weighted by Crippen LogP contribution is 2.28. The van der Waals surface area contributed by atoms with Crippen LogP contribution in [0, 0.1) is 0 Å². The zero-order valence-corrected chi connectivity index (χ0v) is 16.0. The molecule has 0 radical (unpaired) electrons. The van der Waals surface area contributed by atoms with E-state index in [1.54, 1.807) is 18.7 Å². The number of carbonyl (C=O) groups excluding carboxylic acids is 1. The first-order valence-electron chi connectivity index (χ1n) is 9.87. The van der Waals surface area contributed by atoms with Gasteiger partial charge in [-0.15, -0.1) is 0 Å². The molecule has 148 valence electrons. The van der Waals surface area contributed by atoms with Gasteiger partial charge in [-0.25, -0.2) is 9.97 Å². The van der Waals surface area contributed by atoms with Gasteiger partial charge in [-0.3, -0.25) is 14.7 Å². The lowest BCUT2D eigenvalue weighted by Gasteiger charge is -2.36. The van der Waals surface area contributed by atoms with Crippen molar-refractivity contribution in [2.24, 2.45) is 0 Å². The van der Waals surface area contributed by atoms with Crippen molar-refractivity contribution < 1.29 is 9.21 Å². The molecule has 1 fully saturated rings. The van der Waals surface area contributed by atoms with Gasteiger partial charge in [0.1, 0.15) is 17.3 Å². The molecule has 0 aliphatic carbocycles. The molecular weight excluding hydrogens is 368 g/mol. The first kappa shape index (κ1) is 17.8. The van der Waals surface area contributed by atoms with Gasteiger partial charge in [0.15, 0.2) is 5.82 Å². The quantitative estimate of drug-likeness (QED) is 0.726. The van der Waals surface area contributed by atoms with E-state index in [1.807, 2.05) is 24.3 Å². The van der Waals surface area contributed by atoms with E-state index in [0.29, 0.717) is 18.1 Å². The highest BCUT2D eigenvalue weighted by Gasteiger charge is 2.28. The monoisotopic (exact) mass is 390 g/mol. The third-order valence-electron chi connectivity index (χ3n) is 5.41. The van der Waals surface area contributed by atoms with Gasteiger partial charge in [-0.1, -0.05) is 0 Å². The van der Waals surface area contributed by atoms with E-state index in [0.717, 1.165) is 61.8 Å². The van der Waals surface area contributed by atoms with Crippen molar-refractivity contribution in [2.75, 3.05) is 37.6 Å². The van der Waals surface area contributed by atoms with Crippen molar-refractivity contribution in [1.29, 1.82) is 0 Å². The Kier molecular flexibility index (Phi) is 4.69. The zero-order valence-electron chi connectivity index (χ0n) is 16.0. The van der Waals surface area contributed by atoms with Crippen molar-refractivity contribution >= 4 is 11.7 Å². The molecule has 1 saturated heterocycles. The Bertz CT molecular complexity index is 998. The van der Waals surface area contributed by atoms with Crippen LogP contribution in [0.2, 0.25) is 0 Å². The molecule has 0 saturated carbocycles. The van der Waals surface area contributed by atoms with Gasteiger partial charge < -0.3 is 14.6 Å². The lowest BCUT2D eigenvalue weighted by molar-refractivity contribution is 0.0940. The molecule has 3 aromatic rings. The lowest BCUT2D eigenvalue weighted by Crippen LogP contribution is -2.47. The molecule has 0 aromatic carbocycles. The topological polar surface area (TPSA) is 87.4 Å². The maximum atomic E-state index is 12.5. The summed E-state index contributed by atoms with van der Waals surface area (Å²) in [6.07, 6.45) is 5.90. The number of piperazine rings is 1. The normalized spacial score (nSPS) is 17.1. The molecule has 2 aliphatic heterocycles. The van der Waals surface area contributed by atoms with Gasteiger partial charge >= 0.3 is 0 Å². The number of nitrogens with zero attached hydrogens (tertiary/aromatic N) is 5. The number of fused-ring (bicyclic) bond motifs is 1. The van der Waals surface area contributed by atoms with E-state index in [2.05, 4.69) is 25.1 Å². The van der Waals surface area contributed by atoms with Crippen LogP contribution in [0.4, 0.5) is 5.82 Å². The predicted molar refractivity (Wildman–Crippen MR) is 107 cm³/mol. The first-order chi connectivity index (χ1) is 14.3. The SMILES string of the molecule is O=C1NCCc2c1nc(-c1cccnc1)nc2N1CCN(Cc2ccco2)CC1. The van der Waals surface area contributed by atoms with Gasteiger partial charge in [0.2, 0.25) is 0 Å². The standard InChI is InChI=1S/C21H22N6O2/c28-21-18-17(5-7-23-21)20(25-19(24-18)15-3-1-6-22-13-15)27-10-8-26(9-11-27)14-16-4-2-12-29-16/h1-4,6,12-13H,5,7-11,14H2,(H,23,28). The van der Waals surface area contributed by atoms with E-state index in [9.17, 15) is 4.79 Å². The molecule has 0 bridgehead atoms. The van der Waals surface area contributed by atoms with Gasteiger partial charge in [0.25, 0.3) is 5.91 Å². The van der Waals surface area contributed by atoms with Crippen molar-refractivity contribution in [2.45, 2.75) is 13.0 Å². The minimum atomic E-state index is -0.128. The first-order valence-corrected chi connectivity index (χ1v) is 9.87. The maximum Gasteiger partial charge on any atom is 0.270 e. The Balaban J connectivity index is 1.43. The number of nitrogens with one attached hydrogen (secondary N) is 1. The fourth-order valence-electron chi connectivity index (χ4n) is 3.90. The van der Waals surface area contributed by atoms with E-state index in [1.165, 1.54) is 0 Å². The van der Waals surface area contributed by atoms with Crippen LogP contribution in [0.25, 0.3) is 11.4 Å². The van der Waals surface area contributed by atoms with E-state index in [4.69, 9.17) is 9.40 Å². The molecule has 3 aromatic heterocycles. The summed E-state index contributed by atoms with van der Waals surface area (Å²) >= 11 is 0. The molecule has 0 unspecified atom stereocenters. The molecule has 29 heavy (non-hydrogen) atoms. The van der Waals surface area contributed by atoms with Gasteiger partial charge in [0, 0.05) is 56.2 Å². The molecule has 1 N–H and O–H groups in total. The van der Waals surface area contributed by atoms with Crippen LogP contribution in [-0.4, -0.2) is 58.5 Å². The second-order valence-corrected chi connectivity index (χ2v) is 7.29. The third-order valence-corrected chi connectivity index (χ3v) is 5.41. The van der Waals surface area contributed by atoms with Gasteiger partial charge in [-0.2, -0.15) is 0 Å². The minimum absolute atomic E-state index is 0.128. The number of furan rings is 1. The molecule has 5 rings (SSSR count). The molecule has 5 heterocycles. The van der Waals surface area contributed by atoms with Crippen LogP contribution in [0.5, 0.6) is 0 Å². The van der Waals surface area contributed by atoms with Gasteiger partial charge in [0.05, 0.1) is 12.8 Å². The molecule has 0 spiro atoms. The van der Waals surface area contributed by atoms with Crippen LogP contribution in [0.3, 0.4) is 0 Å². The molecule has 8 heteroatoms. The molecule has 2 aliphatic rings. The fraction of sp³-hybridized carbons (Fsp3) is 0.333. The van der Waals surface area contributed by atoms with E-state index in [-0.39, 0.29) is 5.91 Å². The van der Waals surface area contributed by atoms with Crippen molar-refractivity contribution in [3.63, 3.8) is 0 Å². The number of pyridine rings is 1. The number of anilines is 1. The zero-order chi connectivity index (χ0) is 19.6. The lowest BCUT2D eigenvalue weighted by atomic mass is 10.0. The van der Waals surface area contributed by atoms with Crippen LogP contribution in [0.15, 0.2) is 47.3 Å². The van der Waals surface area contributed by atoms with Crippen LogP contribution in [0.1, 0.15) is 21.8 Å². The molecule has 0 atom stereocenters. The summed E-state index contributed by atoms with van der Waals surface area (Å²) in [4.78, 5) is 30.7. The summed E-state index contributed by atoms with van der Waals surface area (Å²) in [6.45, 7) is 4.94. The summed E-state index contributed by atoms with van der Waals surface area (Å²) < 4.78 is 5.47. The summed E-state index contributed by atoms with van der Waals surface area (Å²) in [5.74, 6) is 2.27. The van der Waals surface area contributed by atoms with Gasteiger partial charge in [-0.05, 0) is 30.7 Å². The predicted octanol–water partition coefficient (Wildman–Crippen LogP) is 1.74.